The molecule has 0 radical (unpaired) electrons. The molecule has 0 saturated heterocycles. The van der Waals surface area contributed by atoms with Crippen LogP contribution in [-0.4, -0.2) is 23.3 Å². The number of allylic oxidation sites excluding steroid dienone is 2. The number of nitrogens with one attached hydrogen (secondary N) is 2. The Morgan fingerprint density at radius 1 is 1.06 bits per heavy atom. The van der Waals surface area contributed by atoms with Gasteiger partial charge in [0.05, 0.1) is 27.7 Å². The highest BCUT2D eigenvalue weighted by Gasteiger charge is 2.32. The molecular weight excluding hydrogens is 406 g/mol. The lowest BCUT2D eigenvalue weighted by Gasteiger charge is -2.26. The molecule has 0 saturated carbocycles. The number of nitrogens with zero attached hydrogens (tertiary/aromatic N) is 1. The van der Waals surface area contributed by atoms with E-state index in [9.17, 15) is 9.59 Å². The first kappa shape index (κ1) is 21.2. The Labute approximate surface area is 186 Å². The Morgan fingerprint density at radius 2 is 1.77 bits per heavy atom. The minimum Gasteiger partial charge on any atom is -0.347 e. The molecule has 3 aromatic rings. The number of carbonyl (C=O) groups excluding carboxylic acids is 2. The predicted octanol–water partition coefficient (Wildman–Crippen LogP) is 5.03. The fraction of sp³-hybridized carbons (Fsp3) is 0.320. The van der Waals surface area contributed by atoms with Gasteiger partial charge in [-0.1, -0.05) is 42.0 Å². The van der Waals surface area contributed by atoms with E-state index in [1.165, 1.54) is 0 Å². The molecule has 1 heterocycles. The molecule has 0 spiro atoms. The molecule has 2 amide bonds. The second kappa shape index (κ2) is 9.02. The van der Waals surface area contributed by atoms with Gasteiger partial charge in [0.25, 0.3) is 0 Å². The van der Waals surface area contributed by atoms with Crippen molar-refractivity contribution < 1.29 is 9.59 Å². The third-order valence-corrected chi connectivity index (χ3v) is 6.93. The summed E-state index contributed by atoms with van der Waals surface area (Å²) in [7, 11) is 0. The van der Waals surface area contributed by atoms with Crippen LogP contribution in [-0.2, 0) is 9.59 Å². The maximum atomic E-state index is 13.0. The Balaban J connectivity index is 1.42. The fourth-order valence-corrected chi connectivity index (χ4v) is 5.43. The Morgan fingerprint density at radius 3 is 2.52 bits per heavy atom. The molecule has 0 aliphatic heterocycles. The topological polar surface area (TPSA) is 71.1 Å². The first-order valence-corrected chi connectivity index (χ1v) is 11.4. The normalized spacial score (nSPS) is 18.2. The number of para-hydroxylation sites is 1. The highest BCUT2D eigenvalue weighted by molar-refractivity contribution is 7.18. The number of hydrogen-bond donors (Lipinski definition) is 2. The summed E-state index contributed by atoms with van der Waals surface area (Å²) in [4.78, 5) is 30.3. The van der Waals surface area contributed by atoms with Crippen molar-refractivity contribution in [3.8, 4) is 0 Å². The number of hydrogen-bond acceptors (Lipinski definition) is 4. The average Bonchev–Trinajstić information content (AvgIpc) is 3.18. The Bertz CT molecular complexity index is 1110. The number of rotatable bonds is 5. The number of carbonyl (C=O) groups is 2. The van der Waals surface area contributed by atoms with Crippen LogP contribution in [0.2, 0.25) is 0 Å². The van der Waals surface area contributed by atoms with Gasteiger partial charge in [-0.05, 0) is 56.9 Å². The highest BCUT2D eigenvalue weighted by Crippen LogP contribution is 2.38. The summed E-state index contributed by atoms with van der Waals surface area (Å²) >= 11 is 1.65. The number of aromatic nitrogens is 1. The molecule has 0 bridgehead atoms. The van der Waals surface area contributed by atoms with Gasteiger partial charge in [-0.15, -0.1) is 11.3 Å². The summed E-state index contributed by atoms with van der Waals surface area (Å²) in [5, 5.41) is 6.78. The smallest absolute Gasteiger partial charge is 0.243 e. The quantitative estimate of drug-likeness (QED) is 0.555. The van der Waals surface area contributed by atoms with Gasteiger partial charge in [0.2, 0.25) is 11.8 Å². The Hall–Kier alpha value is -2.99. The van der Waals surface area contributed by atoms with Gasteiger partial charge in [-0.3, -0.25) is 9.59 Å². The molecule has 31 heavy (non-hydrogen) atoms. The van der Waals surface area contributed by atoms with Crippen molar-refractivity contribution in [3.05, 3.63) is 70.2 Å². The lowest BCUT2D eigenvalue weighted by Crippen LogP contribution is -2.39. The zero-order chi connectivity index (χ0) is 22.0. The number of fused-ring (bicyclic) bond motifs is 1. The molecule has 160 valence electrons. The average molecular weight is 434 g/mol. The molecule has 1 aliphatic rings. The van der Waals surface area contributed by atoms with E-state index in [1.54, 1.807) is 11.3 Å². The third-order valence-electron chi connectivity index (χ3n) is 5.76. The van der Waals surface area contributed by atoms with Crippen LogP contribution in [0.3, 0.4) is 0 Å². The van der Waals surface area contributed by atoms with Crippen LogP contribution in [0.4, 0.5) is 5.69 Å². The van der Waals surface area contributed by atoms with Crippen molar-refractivity contribution in [1.29, 1.82) is 0 Å². The van der Waals surface area contributed by atoms with Crippen LogP contribution in [0.15, 0.2) is 48.6 Å². The molecule has 1 aliphatic carbocycles. The van der Waals surface area contributed by atoms with E-state index in [1.807, 2.05) is 57.2 Å². The second-order valence-corrected chi connectivity index (χ2v) is 9.28. The minimum absolute atomic E-state index is 0.0343. The summed E-state index contributed by atoms with van der Waals surface area (Å²) in [6.45, 7) is 5.95. The number of benzene rings is 2. The van der Waals surface area contributed by atoms with Crippen LogP contribution < -0.4 is 10.6 Å². The standard InChI is InChI=1S/C25H27N3O2S/c1-15-12-16(2)23(17(3)13-15)28-22(29)14-26-24(30)18-8-4-5-9-19(18)25-27-20-10-6-7-11-21(20)31-25/h4-7,10-13,18-19H,8-9,14H2,1-3H3,(H,26,30)(H,28,29)/t18-,19-/m0/s1. The van der Waals surface area contributed by atoms with Gasteiger partial charge < -0.3 is 10.6 Å². The van der Waals surface area contributed by atoms with E-state index in [-0.39, 0.29) is 30.2 Å². The summed E-state index contributed by atoms with van der Waals surface area (Å²) < 4.78 is 1.13. The van der Waals surface area contributed by atoms with Crippen molar-refractivity contribution in [2.75, 3.05) is 11.9 Å². The lowest BCUT2D eigenvalue weighted by molar-refractivity contribution is -0.127. The second-order valence-electron chi connectivity index (χ2n) is 8.22. The molecule has 4 rings (SSSR count). The number of anilines is 1. The molecule has 2 N–H and O–H groups in total. The van der Waals surface area contributed by atoms with Crippen molar-refractivity contribution >= 4 is 39.1 Å². The zero-order valence-corrected chi connectivity index (χ0v) is 18.9. The van der Waals surface area contributed by atoms with Crippen LogP contribution in [0.25, 0.3) is 10.2 Å². The first-order valence-electron chi connectivity index (χ1n) is 10.6. The van der Waals surface area contributed by atoms with Crippen molar-refractivity contribution in [3.63, 3.8) is 0 Å². The molecule has 0 unspecified atom stereocenters. The highest BCUT2D eigenvalue weighted by atomic mass is 32.1. The van der Waals surface area contributed by atoms with E-state index in [0.29, 0.717) is 6.42 Å². The zero-order valence-electron chi connectivity index (χ0n) is 18.1. The molecule has 2 atom stereocenters. The first-order chi connectivity index (χ1) is 14.9. The number of thiazole rings is 1. The number of amides is 2. The van der Waals surface area contributed by atoms with E-state index < -0.39 is 0 Å². The summed E-state index contributed by atoms with van der Waals surface area (Å²) in [5.41, 5.74) is 4.99. The van der Waals surface area contributed by atoms with E-state index in [4.69, 9.17) is 4.98 Å². The van der Waals surface area contributed by atoms with Gasteiger partial charge in [0.15, 0.2) is 0 Å². The fourth-order valence-electron chi connectivity index (χ4n) is 4.28. The van der Waals surface area contributed by atoms with Crippen LogP contribution >= 0.6 is 11.3 Å². The lowest BCUT2D eigenvalue weighted by atomic mass is 9.82. The van der Waals surface area contributed by atoms with Gasteiger partial charge in [0, 0.05) is 11.6 Å². The van der Waals surface area contributed by atoms with Crippen molar-refractivity contribution in [2.24, 2.45) is 5.92 Å². The van der Waals surface area contributed by atoms with E-state index in [0.717, 1.165) is 44.0 Å². The van der Waals surface area contributed by atoms with E-state index >= 15 is 0 Å². The molecule has 2 aromatic carbocycles. The van der Waals surface area contributed by atoms with Crippen molar-refractivity contribution in [2.45, 2.75) is 39.5 Å². The van der Waals surface area contributed by atoms with Crippen LogP contribution in [0, 0.1) is 26.7 Å². The summed E-state index contributed by atoms with van der Waals surface area (Å²) in [6.07, 6.45) is 5.61. The largest absolute Gasteiger partial charge is 0.347 e. The van der Waals surface area contributed by atoms with Gasteiger partial charge >= 0.3 is 0 Å². The molecule has 1 aromatic heterocycles. The molecule has 0 fully saturated rings. The predicted molar refractivity (Wildman–Crippen MR) is 127 cm³/mol. The third kappa shape index (κ3) is 4.69. The van der Waals surface area contributed by atoms with E-state index in [2.05, 4.69) is 22.8 Å². The SMILES string of the molecule is Cc1cc(C)c(NC(=O)CNC(=O)[C@H]2CC=CC[C@@H]2c2nc3ccccc3s2)c(C)c1. The Kier molecular flexibility index (Phi) is 6.18. The monoisotopic (exact) mass is 433 g/mol. The summed E-state index contributed by atoms with van der Waals surface area (Å²) in [6, 6.07) is 12.1. The van der Waals surface area contributed by atoms with Crippen LogP contribution in [0.5, 0.6) is 0 Å². The van der Waals surface area contributed by atoms with Crippen LogP contribution in [0.1, 0.15) is 40.5 Å². The molecule has 6 heteroatoms. The maximum Gasteiger partial charge on any atom is 0.243 e. The maximum absolute atomic E-state index is 13.0. The summed E-state index contributed by atoms with van der Waals surface area (Å²) in [5.74, 6) is -0.499. The van der Waals surface area contributed by atoms with Gasteiger partial charge in [-0.25, -0.2) is 4.98 Å². The number of aryl methyl sites for hydroxylation is 3. The molecule has 5 nitrogen and oxygen atoms in total. The van der Waals surface area contributed by atoms with Gasteiger partial charge in [0.1, 0.15) is 0 Å². The molecular formula is C25H27N3O2S. The minimum atomic E-state index is -0.221. The van der Waals surface area contributed by atoms with Crippen molar-refractivity contribution in [1.82, 2.24) is 10.3 Å². The van der Waals surface area contributed by atoms with Gasteiger partial charge in [-0.2, -0.15) is 0 Å².